The lowest BCUT2D eigenvalue weighted by Crippen LogP contribution is -2.45. The topological polar surface area (TPSA) is 95.2 Å². The summed E-state index contributed by atoms with van der Waals surface area (Å²) in [6.07, 6.45) is 4.50. The number of nitrogens with zero attached hydrogens (tertiary/aromatic N) is 2. The third-order valence-corrected chi connectivity index (χ3v) is 6.59. The van der Waals surface area contributed by atoms with Crippen LogP contribution in [0.5, 0.6) is 0 Å². The summed E-state index contributed by atoms with van der Waals surface area (Å²) in [6.45, 7) is 1.99. The van der Waals surface area contributed by atoms with Crippen molar-refractivity contribution in [3.05, 3.63) is 63.0 Å². The average molecular weight is 443 g/mol. The number of hydrogen-bond acceptors (Lipinski definition) is 4. The molecule has 1 aliphatic heterocycles. The highest BCUT2D eigenvalue weighted by Gasteiger charge is 2.51. The second-order valence-electron chi connectivity index (χ2n) is 8.56. The monoisotopic (exact) mass is 442 g/mol. The van der Waals surface area contributed by atoms with E-state index in [1.807, 2.05) is 29.2 Å². The SMILES string of the molecule is O=C(CCc1ccc(=O)[nH]n1)N1CCCC(CNC(=O)C2(c3ccc(Cl)cc3)CC2)C1. The molecular formula is C23H27ClN4O3. The van der Waals surface area contributed by atoms with Gasteiger partial charge in [-0.3, -0.25) is 14.4 Å². The molecular weight excluding hydrogens is 416 g/mol. The van der Waals surface area contributed by atoms with Crippen LogP contribution in [-0.2, 0) is 21.4 Å². The van der Waals surface area contributed by atoms with Gasteiger partial charge in [0, 0.05) is 43.6 Å². The smallest absolute Gasteiger partial charge is 0.264 e. The van der Waals surface area contributed by atoms with E-state index in [0.717, 1.165) is 37.8 Å². The van der Waals surface area contributed by atoms with E-state index in [-0.39, 0.29) is 23.3 Å². The first kappa shape index (κ1) is 21.6. The third kappa shape index (κ3) is 5.15. The molecule has 1 saturated carbocycles. The Hall–Kier alpha value is -2.67. The van der Waals surface area contributed by atoms with Crippen molar-refractivity contribution >= 4 is 23.4 Å². The highest BCUT2D eigenvalue weighted by atomic mass is 35.5. The number of rotatable bonds is 7. The lowest BCUT2D eigenvalue weighted by molar-refractivity contribution is -0.133. The fraction of sp³-hybridized carbons (Fsp3) is 0.478. The zero-order valence-corrected chi connectivity index (χ0v) is 18.2. The summed E-state index contributed by atoms with van der Waals surface area (Å²) in [6, 6.07) is 10.6. The van der Waals surface area contributed by atoms with Crippen LogP contribution in [0.4, 0.5) is 0 Å². The van der Waals surface area contributed by atoms with Crippen molar-refractivity contribution in [3.8, 4) is 0 Å². The van der Waals surface area contributed by atoms with Crippen LogP contribution in [0, 0.1) is 5.92 Å². The fourth-order valence-electron chi connectivity index (χ4n) is 4.31. The number of amides is 2. The molecule has 1 atom stereocenters. The van der Waals surface area contributed by atoms with Gasteiger partial charge in [-0.1, -0.05) is 23.7 Å². The molecule has 1 aromatic heterocycles. The largest absolute Gasteiger partial charge is 0.355 e. The van der Waals surface area contributed by atoms with E-state index in [1.54, 1.807) is 6.07 Å². The van der Waals surface area contributed by atoms with Crippen molar-refractivity contribution in [2.24, 2.45) is 5.92 Å². The maximum absolute atomic E-state index is 12.9. The van der Waals surface area contributed by atoms with Crippen LogP contribution in [0.25, 0.3) is 0 Å². The Kier molecular flexibility index (Phi) is 6.41. The predicted molar refractivity (Wildman–Crippen MR) is 118 cm³/mol. The number of likely N-dealkylation sites (tertiary alicyclic amines) is 1. The van der Waals surface area contributed by atoms with Crippen molar-refractivity contribution in [1.82, 2.24) is 20.4 Å². The second-order valence-corrected chi connectivity index (χ2v) is 9.00. The first-order valence-electron chi connectivity index (χ1n) is 10.8. The Morgan fingerprint density at radius 1 is 1.19 bits per heavy atom. The van der Waals surface area contributed by atoms with Crippen LogP contribution in [0.15, 0.2) is 41.2 Å². The van der Waals surface area contributed by atoms with Gasteiger partial charge in [-0.25, -0.2) is 5.10 Å². The van der Waals surface area contributed by atoms with Crippen molar-refractivity contribution < 1.29 is 9.59 Å². The van der Waals surface area contributed by atoms with E-state index >= 15 is 0 Å². The van der Waals surface area contributed by atoms with Crippen molar-refractivity contribution in [2.45, 2.75) is 43.9 Å². The summed E-state index contributed by atoms with van der Waals surface area (Å²) in [4.78, 5) is 38.5. The Morgan fingerprint density at radius 2 is 1.97 bits per heavy atom. The zero-order valence-electron chi connectivity index (χ0n) is 17.4. The zero-order chi connectivity index (χ0) is 21.8. The van der Waals surface area contributed by atoms with E-state index in [0.29, 0.717) is 36.6 Å². The van der Waals surface area contributed by atoms with Crippen LogP contribution in [-0.4, -0.2) is 46.5 Å². The van der Waals surface area contributed by atoms with Gasteiger partial charge in [-0.2, -0.15) is 5.10 Å². The molecule has 7 nitrogen and oxygen atoms in total. The number of hydrogen-bond donors (Lipinski definition) is 2. The Bertz CT molecular complexity index is 980. The van der Waals surface area contributed by atoms with Gasteiger partial charge in [0.15, 0.2) is 0 Å². The van der Waals surface area contributed by atoms with Crippen LogP contribution >= 0.6 is 11.6 Å². The summed E-state index contributed by atoms with van der Waals surface area (Å²) < 4.78 is 0. The third-order valence-electron chi connectivity index (χ3n) is 6.34. The van der Waals surface area contributed by atoms with Gasteiger partial charge in [0.05, 0.1) is 11.1 Å². The minimum atomic E-state index is -0.418. The highest BCUT2D eigenvalue weighted by Crippen LogP contribution is 2.48. The molecule has 1 aliphatic carbocycles. The van der Waals surface area contributed by atoms with Gasteiger partial charge in [0.2, 0.25) is 11.8 Å². The molecule has 164 valence electrons. The molecule has 2 amide bonds. The number of nitrogens with one attached hydrogen (secondary N) is 2. The number of piperidine rings is 1. The number of carbonyl (C=O) groups is 2. The van der Waals surface area contributed by atoms with Gasteiger partial charge in [-0.15, -0.1) is 0 Å². The van der Waals surface area contributed by atoms with Gasteiger partial charge in [-0.05, 0) is 55.4 Å². The Labute approximate surface area is 186 Å². The minimum Gasteiger partial charge on any atom is -0.355 e. The van der Waals surface area contributed by atoms with Gasteiger partial charge in [0.1, 0.15) is 0 Å². The van der Waals surface area contributed by atoms with Gasteiger partial charge in [0.25, 0.3) is 5.56 Å². The Morgan fingerprint density at radius 3 is 2.65 bits per heavy atom. The molecule has 31 heavy (non-hydrogen) atoms. The van der Waals surface area contributed by atoms with Crippen LogP contribution < -0.4 is 10.9 Å². The number of carbonyl (C=O) groups excluding carboxylic acids is 2. The number of halogens is 1. The summed E-state index contributed by atoms with van der Waals surface area (Å²) in [5.74, 6) is 0.417. The number of aryl methyl sites for hydroxylation is 1. The Balaban J connectivity index is 1.26. The molecule has 0 spiro atoms. The standard InChI is InChI=1S/C23H27ClN4O3/c24-18-5-3-17(4-6-18)23(11-12-23)22(31)25-14-16-2-1-13-28(15-16)21(30)10-8-19-7-9-20(29)27-26-19/h3-7,9,16H,1-2,8,10-15H2,(H,25,31)(H,27,29). The van der Waals surface area contributed by atoms with Crippen molar-refractivity contribution in [3.63, 3.8) is 0 Å². The molecule has 0 radical (unpaired) electrons. The molecule has 2 fully saturated rings. The lowest BCUT2D eigenvalue weighted by atomic mass is 9.93. The van der Waals surface area contributed by atoms with Crippen molar-refractivity contribution in [2.75, 3.05) is 19.6 Å². The van der Waals surface area contributed by atoms with E-state index in [2.05, 4.69) is 15.5 Å². The predicted octanol–water partition coefficient (Wildman–Crippen LogP) is 2.44. The van der Waals surface area contributed by atoms with Crippen LogP contribution in [0.2, 0.25) is 5.02 Å². The molecule has 8 heteroatoms. The van der Waals surface area contributed by atoms with E-state index in [1.165, 1.54) is 6.07 Å². The molecule has 4 rings (SSSR count). The summed E-state index contributed by atoms with van der Waals surface area (Å²) in [7, 11) is 0. The fourth-order valence-corrected chi connectivity index (χ4v) is 4.44. The maximum Gasteiger partial charge on any atom is 0.264 e. The van der Waals surface area contributed by atoms with E-state index in [9.17, 15) is 14.4 Å². The molecule has 1 unspecified atom stereocenters. The summed E-state index contributed by atoms with van der Waals surface area (Å²) in [5.41, 5.74) is 1.05. The number of benzene rings is 1. The first-order valence-corrected chi connectivity index (χ1v) is 11.2. The average Bonchev–Trinajstić information content (AvgIpc) is 3.60. The van der Waals surface area contributed by atoms with Crippen molar-refractivity contribution in [1.29, 1.82) is 0 Å². The second kappa shape index (κ2) is 9.22. The normalized spacial score (nSPS) is 19.6. The number of aromatic nitrogens is 2. The minimum absolute atomic E-state index is 0.0717. The van der Waals surface area contributed by atoms with Gasteiger partial charge >= 0.3 is 0 Å². The molecule has 2 aliphatic rings. The number of aromatic amines is 1. The molecule has 0 bridgehead atoms. The van der Waals surface area contributed by atoms with Gasteiger partial charge < -0.3 is 10.2 Å². The number of H-pyrrole nitrogens is 1. The summed E-state index contributed by atoms with van der Waals surface area (Å²) >= 11 is 5.98. The molecule has 1 saturated heterocycles. The van der Waals surface area contributed by atoms with E-state index in [4.69, 9.17) is 11.6 Å². The molecule has 2 N–H and O–H groups in total. The lowest BCUT2D eigenvalue weighted by Gasteiger charge is -2.33. The molecule has 2 heterocycles. The summed E-state index contributed by atoms with van der Waals surface area (Å²) in [5, 5.41) is 10.2. The molecule has 1 aromatic carbocycles. The molecule has 2 aromatic rings. The van der Waals surface area contributed by atoms with E-state index < -0.39 is 5.41 Å². The van der Waals surface area contributed by atoms with Crippen LogP contribution in [0.1, 0.15) is 43.4 Å². The van der Waals surface area contributed by atoms with Crippen LogP contribution in [0.3, 0.4) is 0 Å². The maximum atomic E-state index is 12.9. The quantitative estimate of drug-likeness (QED) is 0.688. The highest BCUT2D eigenvalue weighted by molar-refractivity contribution is 6.30. The first-order chi connectivity index (χ1) is 15.0.